The van der Waals surface area contributed by atoms with E-state index in [2.05, 4.69) is 13.0 Å². The van der Waals surface area contributed by atoms with Crippen molar-refractivity contribution < 1.29 is 5.11 Å². The van der Waals surface area contributed by atoms with Gasteiger partial charge in [-0.3, -0.25) is 0 Å². The molecule has 0 heterocycles. The maximum absolute atomic E-state index is 8.33. The van der Waals surface area contributed by atoms with Crippen molar-refractivity contribution in [2.45, 2.75) is 45.4 Å². The average Bonchev–Trinajstić information content (AvgIpc) is 2.21. The molecule has 0 saturated carbocycles. The summed E-state index contributed by atoms with van der Waals surface area (Å²) in [5.74, 6) is 0. The van der Waals surface area contributed by atoms with Gasteiger partial charge in [-0.2, -0.15) is 0 Å². The first kappa shape index (κ1) is 13.0. The van der Waals surface area contributed by atoms with E-state index in [9.17, 15) is 0 Å². The van der Waals surface area contributed by atoms with Gasteiger partial charge < -0.3 is 5.11 Å². The zero-order valence-electron chi connectivity index (χ0n) is 9.15. The van der Waals surface area contributed by atoms with Gasteiger partial charge in [-0.15, -0.1) is 0 Å². The van der Waals surface area contributed by atoms with Crippen LogP contribution in [0.3, 0.4) is 0 Å². The summed E-state index contributed by atoms with van der Waals surface area (Å²) in [7, 11) is 0. The predicted octanol–water partition coefficient (Wildman–Crippen LogP) is 4.53. The fourth-order valence-corrected chi connectivity index (χ4v) is 1.22. The third kappa shape index (κ3) is 11.0. The molecule has 0 saturated heterocycles. The highest BCUT2D eigenvalue weighted by Crippen LogP contribution is 2.05. The number of unbranched alkanes of at least 4 members (excludes halogenated alkanes) is 5. The van der Waals surface area contributed by atoms with Crippen LogP contribution < -0.4 is 0 Å². The van der Waals surface area contributed by atoms with E-state index in [0.29, 0.717) is 0 Å². The van der Waals surface area contributed by atoms with Gasteiger partial charge in [0.2, 0.25) is 0 Å². The number of hydrogen-bond donors (Lipinski definition) is 1. The highest BCUT2D eigenvalue weighted by Gasteiger charge is 1.85. The van der Waals surface area contributed by atoms with Crippen molar-refractivity contribution in [2.24, 2.45) is 0 Å². The molecule has 0 bridgehead atoms. The fraction of sp³-hybridized carbons (Fsp3) is 0.538. The number of aliphatic hydroxyl groups is 1. The van der Waals surface area contributed by atoms with Gasteiger partial charge in [0.15, 0.2) is 0 Å². The molecule has 0 fully saturated rings. The highest BCUT2D eigenvalue weighted by atomic mass is 16.2. The summed E-state index contributed by atoms with van der Waals surface area (Å²) in [6.45, 7) is 2.24. The van der Waals surface area contributed by atoms with Crippen molar-refractivity contribution in [1.29, 1.82) is 0 Å². The van der Waals surface area contributed by atoms with E-state index >= 15 is 0 Å². The van der Waals surface area contributed by atoms with Crippen LogP contribution in [-0.4, -0.2) is 5.11 Å². The molecule has 0 spiro atoms. The van der Waals surface area contributed by atoms with E-state index in [4.69, 9.17) is 5.11 Å². The molecule has 0 rings (SSSR count). The summed E-state index contributed by atoms with van der Waals surface area (Å²) in [5, 5.41) is 8.33. The Balaban J connectivity index is 3.18. The molecule has 1 N–H and O–H groups in total. The Morgan fingerprint density at radius 1 is 0.857 bits per heavy atom. The van der Waals surface area contributed by atoms with Crippen LogP contribution in [0.5, 0.6) is 0 Å². The van der Waals surface area contributed by atoms with E-state index in [-0.39, 0.29) is 0 Å². The van der Waals surface area contributed by atoms with Gasteiger partial charge in [-0.05, 0) is 18.9 Å². The standard InChI is InChI=1S/C13H22O/c1-2-3-4-5-6-7-8-9-10-11-12-13-14/h8-14H,2-7H2,1H3. The summed E-state index contributed by atoms with van der Waals surface area (Å²) >= 11 is 0. The summed E-state index contributed by atoms with van der Waals surface area (Å²) in [5.41, 5.74) is 0. The van der Waals surface area contributed by atoms with Gasteiger partial charge in [0.1, 0.15) is 0 Å². The zero-order chi connectivity index (χ0) is 10.5. The number of aliphatic hydroxyl groups excluding tert-OH is 1. The van der Waals surface area contributed by atoms with Crippen LogP contribution in [0.15, 0.2) is 36.6 Å². The topological polar surface area (TPSA) is 20.2 Å². The molecule has 0 aliphatic heterocycles. The lowest BCUT2D eigenvalue weighted by Gasteiger charge is -1.95. The Morgan fingerprint density at radius 3 is 2.29 bits per heavy atom. The molecule has 0 amide bonds. The summed E-state index contributed by atoms with van der Waals surface area (Å²) < 4.78 is 0. The molecule has 0 aliphatic rings. The molecular formula is C13H22O. The monoisotopic (exact) mass is 194 g/mol. The molecule has 0 unspecified atom stereocenters. The third-order valence-electron chi connectivity index (χ3n) is 2.03. The quantitative estimate of drug-likeness (QED) is 0.342. The molecule has 0 radical (unpaired) electrons. The van der Waals surface area contributed by atoms with Crippen LogP contribution in [0.25, 0.3) is 0 Å². The SMILES string of the molecule is CCCCCCCC=CC=CC=CO. The second kappa shape index (κ2) is 12.0. The molecule has 1 nitrogen and oxygen atoms in total. The van der Waals surface area contributed by atoms with Crippen LogP contribution >= 0.6 is 0 Å². The lowest BCUT2D eigenvalue weighted by Crippen LogP contribution is -1.75. The Bertz CT molecular complexity index is 178. The van der Waals surface area contributed by atoms with Crippen molar-refractivity contribution in [1.82, 2.24) is 0 Å². The Labute approximate surface area is 87.8 Å². The Kier molecular flexibility index (Phi) is 11.2. The predicted molar refractivity (Wildman–Crippen MR) is 63.4 cm³/mol. The molecule has 80 valence electrons. The summed E-state index contributed by atoms with van der Waals surface area (Å²) in [6.07, 6.45) is 18.4. The maximum atomic E-state index is 8.33. The molecule has 0 aliphatic carbocycles. The lowest BCUT2D eigenvalue weighted by atomic mass is 10.1. The first-order valence-electron chi connectivity index (χ1n) is 5.54. The Hall–Kier alpha value is -0.980. The fourth-order valence-electron chi connectivity index (χ4n) is 1.22. The molecule has 0 aromatic rings. The van der Waals surface area contributed by atoms with Crippen molar-refractivity contribution in [2.75, 3.05) is 0 Å². The van der Waals surface area contributed by atoms with Crippen LogP contribution in [-0.2, 0) is 0 Å². The second-order valence-corrected chi connectivity index (χ2v) is 3.36. The smallest absolute Gasteiger partial charge is 0.0791 e. The van der Waals surface area contributed by atoms with E-state index in [1.807, 2.05) is 18.2 Å². The van der Waals surface area contributed by atoms with Crippen molar-refractivity contribution in [3.05, 3.63) is 36.6 Å². The van der Waals surface area contributed by atoms with Crippen molar-refractivity contribution in [3.8, 4) is 0 Å². The van der Waals surface area contributed by atoms with Crippen LogP contribution in [0.1, 0.15) is 45.4 Å². The maximum Gasteiger partial charge on any atom is 0.0791 e. The van der Waals surface area contributed by atoms with Gasteiger partial charge >= 0.3 is 0 Å². The van der Waals surface area contributed by atoms with Gasteiger partial charge in [0.05, 0.1) is 6.26 Å². The lowest BCUT2D eigenvalue weighted by molar-refractivity contribution is 0.474. The molecule has 0 atom stereocenters. The van der Waals surface area contributed by atoms with Gasteiger partial charge in [0, 0.05) is 0 Å². The first-order chi connectivity index (χ1) is 6.91. The normalized spacial score (nSPS) is 12.4. The number of allylic oxidation sites excluding steroid dienone is 5. The van der Waals surface area contributed by atoms with E-state index < -0.39 is 0 Å². The molecule has 0 aromatic heterocycles. The minimum atomic E-state index is 1.04. The van der Waals surface area contributed by atoms with Crippen molar-refractivity contribution >= 4 is 0 Å². The van der Waals surface area contributed by atoms with Gasteiger partial charge in [0.25, 0.3) is 0 Å². The van der Waals surface area contributed by atoms with Crippen LogP contribution in [0, 0.1) is 0 Å². The van der Waals surface area contributed by atoms with E-state index in [1.165, 1.54) is 32.1 Å². The number of hydrogen-bond acceptors (Lipinski definition) is 1. The van der Waals surface area contributed by atoms with Gasteiger partial charge in [-0.25, -0.2) is 0 Å². The zero-order valence-corrected chi connectivity index (χ0v) is 9.15. The van der Waals surface area contributed by atoms with Gasteiger partial charge in [-0.1, -0.05) is 56.9 Å². The second-order valence-electron chi connectivity index (χ2n) is 3.36. The minimum Gasteiger partial charge on any atom is -0.516 e. The molecule has 1 heteroatoms. The van der Waals surface area contributed by atoms with Crippen LogP contribution in [0.2, 0.25) is 0 Å². The third-order valence-corrected chi connectivity index (χ3v) is 2.03. The molecule has 0 aromatic carbocycles. The Morgan fingerprint density at radius 2 is 1.57 bits per heavy atom. The van der Waals surface area contributed by atoms with Crippen molar-refractivity contribution in [3.63, 3.8) is 0 Å². The largest absolute Gasteiger partial charge is 0.516 e. The highest BCUT2D eigenvalue weighted by molar-refractivity contribution is 5.09. The van der Waals surface area contributed by atoms with Crippen LogP contribution in [0.4, 0.5) is 0 Å². The van der Waals surface area contributed by atoms with E-state index in [0.717, 1.165) is 12.7 Å². The molecular weight excluding hydrogens is 172 g/mol. The summed E-state index contributed by atoms with van der Waals surface area (Å²) in [6, 6.07) is 0. The minimum absolute atomic E-state index is 1.04. The average molecular weight is 194 g/mol. The number of rotatable bonds is 8. The summed E-state index contributed by atoms with van der Waals surface area (Å²) in [4.78, 5) is 0. The van der Waals surface area contributed by atoms with E-state index in [1.54, 1.807) is 6.08 Å². The molecule has 14 heavy (non-hydrogen) atoms. The first-order valence-corrected chi connectivity index (χ1v) is 5.54.